The number of nitrogens with one attached hydrogen (secondary N) is 1. The van der Waals surface area contributed by atoms with Gasteiger partial charge in [0.2, 0.25) is 17.7 Å². The van der Waals surface area contributed by atoms with E-state index in [9.17, 15) is 23.6 Å². The molecule has 2 aliphatic heterocycles. The van der Waals surface area contributed by atoms with Crippen molar-refractivity contribution in [2.75, 3.05) is 17.3 Å². The molecule has 5 aromatic rings. The Bertz CT molecular complexity index is 2010. The molecule has 3 amide bonds. The van der Waals surface area contributed by atoms with E-state index in [2.05, 4.69) is 5.32 Å². The van der Waals surface area contributed by atoms with E-state index in [-0.39, 0.29) is 17.1 Å². The molecule has 8 nitrogen and oxygen atoms in total. The number of amides is 3. The number of fused-ring (bicyclic) bond motifs is 3. The van der Waals surface area contributed by atoms with Crippen LogP contribution in [0.3, 0.4) is 0 Å². The molecule has 2 aliphatic rings. The van der Waals surface area contributed by atoms with Gasteiger partial charge in [0, 0.05) is 16.5 Å². The number of thioether (sulfide) groups is 1. The van der Waals surface area contributed by atoms with E-state index in [0.29, 0.717) is 21.3 Å². The summed E-state index contributed by atoms with van der Waals surface area (Å²) >= 11 is 2.10. The first-order chi connectivity index (χ1) is 21.3. The molecule has 0 saturated carbocycles. The Hall–Kier alpha value is -4.74. The third-order valence-electron chi connectivity index (χ3n) is 7.94. The average Bonchev–Trinajstić information content (AvgIpc) is 3.47. The Balaban J connectivity index is 1.26. The maximum Gasteiger partial charge on any atom is 0.308 e. The van der Waals surface area contributed by atoms with E-state index in [0.717, 1.165) is 44.3 Å². The summed E-state index contributed by atoms with van der Waals surface area (Å²) in [6.45, 7) is -0.263. The van der Waals surface area contributed by atoms with Crippen LogP contribution in [0.25, 0.3) is 10.8 Å². The van der Waals surface area contributed by atoms with Crippen molar-refractivity contribution in [2.24, 2.45) is 5.92 Å². The smallest absolute Gasteiger partial charge is 0.308 e. The molecule has 0 aliphatic carbocycles. The number of thiazole rings is 1. The summed E-state index contributed by atoms with van der Waals surface area (Å²) in [5, 5.41) is 4.52. The van der Waals surface area contributed by atoms with Crippen LogP contribution in [0.5, 0.6) is 5.75 Å². The number of halogens is 1. The monoisotopic (exact) mass is 625 g/mol. The summed E-state index contributed by atoms with van der Waals surface area (Å²) in [6, 6.07) is 25.7. The van der Waals surface area contributed by atoms with E-state index >= 15 is 0 Å². The zero-order valence-corrected chi connectivity index (χ0v) is 24.9. The Morgan fingerprint density at radius 2 is 1.64 bits per heavy atom. The first-order valence-electron chi connectivity index (χ1n) is 13.8. The SMILES string of the molecule is COc1ccc(C2c3sc(=O)n(CC(=O)Nc4ccc5ccccc5c4)c3SC3C(=O)N(c4ccc(F)cc4)C(=O)C32)cc1. The highest BCUT2D eigenvalue weighted by Gasteiger charge is 2.56. The lowest BCUT2D eigenvalue weighted by molar-refractivity contribution is -0.122. The second-order valence-corrected chi connectivity index (χ2v) is 12.7. The van der Waals surface area contributed by atoms with Gasteiger partial charge in [-0.1, -0.05) is 65.6 Å². The molecule has 3 unspecified atom stereocenters. The van der Waals surface area contributed by atoms with E-state index in [1.807, 2.05) is 48.5 Å². The Morgan fingerprint density at radius 1 is 0.909 bits per heavy atom. The molecule has 44 heavy (non-hydrogen) atoms. The molecule has 1 fully saturated rings. The van der Waals surface area contributed by atoms with Gasteiger partial charge in [0.15, 0.2) is 0 Å². The van der Waals surface area contributed by atoms with Crippen molar-refractivity contribution in [1.82, 2.24) is 4.57 Å². The van der Waals surface area contributed by atoms with Crippen LogP contribution in [0.2, 0.25) is 0 Å². The summed E-state index contributed by atoms with van der Waals surface area (Å²) in [5.74, 6) is -2.56. The molecule has 1 saturated heterocycles. The topological polar surface area (TPSA) is 97.7 Å². The van der Waals surface area contributed by atoms with Crippen LogP contribution in [0.4, 0.5) is 15.8 Å². The fraction of sp³-hybridized carbons (Fsp3) is 0.152. The number of nitrogens with zero attached hydrogens (tertiary/aromatic N) is 2. The lowest BCUT2D eigenvalue weighted by atomic mass is 9.83. The fourth-order valence-electron chi connectivity index (χ4n) is 5.88. The van der Waals surface area contributed by atoms with Gasteiger partial charge in [-0.15, -0.1) is 0 Å². The minimum absolute atomic E-state index is 0.263. The molecule has 11 heteroatoms. The number of hydrogen-bond acceptors (Lipinski definition) is 7. The number of hydrogen-bond donors (Lipinski definition) is 1. The molecule has 0 bridgehead atoms. The summed E-state index contributed by atoms with van der Waals surface area (Å²) in [5.41, 5.74) is 1.61. The standard InChI is InChI=1S/C33H24FN3O5S2/c1-42-24-14-7-19(8-15-24)26-27-28(31(40)37(30(27)39)23-12-9-21(34)10-13-23)43-32-29(26)44-33(41)36(32)17-25(38)35-22-11-6-18-4-2-3-5-20(18)16-22/h2-16,26-28H,17H2,1H3,(H,35,38). The first kappa shape index (κ1) is 28.1. The maximum absolute atomic E-state index is 13.9. The molecule has 1 aromatic heterocycles. The number of carbonyl (C=O) groups is 3. The van der Waals surface area contributed by atoms with Crippen molar-refractivity contribution in [3.63, 3.8) is 0 Å². The van der Waals surface area contributed by atoms with Gasteiger partial charge in [0.1, 0.15) is 23.4 Å². The summed E-state index contributed by atoms with van der Waals surface area (Å²) < 4.78 is 20.4. The number of methoxy groups -OCH3 is 1. The number of imide groups is 1. The van der Waals surface area contributed by atoms with E-state index in [1.165, 1.54) is 28.8 Å². The minimum Gasteiger partial charge on any atom is -0.497 e. The average molecular weight is 626 g/mol. The van der Waals surface area contributed by atoms with E-state index < -0.39 is 40.6 Å². The number of carbonyl (C=O) groups excluding carboxylic acids is 3. The van der Waals surface area contributed by atoms with Crippen LogP contribution in [0.15, 0.2) is 101 Å². The Labute approximate surface area is 259 Å². The highest BCUT2D eigenvalue weighted by Crippen LogP contribution is 2.54. The van der Waals surface area contributed by atoms with Crippen molar-refractivity contribution in [2.45, 2.75) is 22.7 Å². The first-order valence-corrected chi connectivity index (χ1v) is 15.5. The quantitative estimate of drug-likeness (QED) is 0.245. The molecule has 4 aromatic carbocycles. The van der Waals surface area contributed by atoms with Crippen LogP contribution in [0, 0.1) is 11.7 Å². The lowest BCUT2D eigenvalue weighted by Gasteiger charge is -2.30. The number of aromatic nitrogens is 1. The molecular formula is C33H24FN3O5S2. The van der Waals surface area contributed by atoms with Crippen molar-refractivity contribution < 1.29 is 23.5 Å². The van der Waals surface area contributed by atoms with Crippen LogP contribution in [0.1, 0.15) is 16.4 Å². The largest absolute Gasteiger partial charge is 0.497 e. The van der Waals surface area contributed by atoms with Crippen LogP contribution < -0.4 is 19.8 Å². The minimum atomic E-state index is -0.851. The van der Waals surface area contributed by atoms with Gasteiger partial charge >= 0.3 is 4.87 Å². The molecule has 220 valence electrons. The lowest BCUT2D eigenvalue weighted by Crippen LogP contribution is -2.33. The summed E-state index contributed by atoms with van der Waals surface area (Å²) in [6.07, 6.45) is 0. The number of anilines is 2. The second-order valence-electron chi connectivity index (χ2n) is 10.5. The number of ether oxygens (including phenoxy) is 1. The summed E-state index contributed by atoms with van der Waals surface area (Å²) in [4.78, 5) is 55.8. The zero-order valence-electron chi connectivity index (χ0n) is 23.2. The normalized spacial score (nSPS) is 19.1. The predicted molar refractivity (Wildman–Crippen MR) is 168 cm³/mol. The van der Waals surface area contributed by atoms with Crippen molar-refractivity contribution >= 4 is 63.0 Å². The molecule has 3 atom stereocenters. The summed E-state index contributed by atoms with van der Waals surface area (Å²) in [7, 11) is 1.55. The van der Waals surface area contributed by atoms with Crippen molar-refractivity contribution in [3.8, 4) is 5.75 Å². The van der Waals surface area contributed by atoms with Gasteiger partial charge in [-0.25, -0.2) is 9.29 Å². The maximum atomic E-state index is 13.9. The predicted octanol–water partition coefficient (Wildman–Crippen LogP) is 5.65. The molecule has 3 heterocycles. The van der Waals surface area contributed by atoms with Gasteiger partial charge < -0.3 is 10.1 Å². The molecule has 0 spiro atoms. The van der Waals surface area contributed by atoms with Gasteiger partial charge in [0.25, 0.3) is 0 Å². The molecule has 0 radical (unpaired) electrons. The Morgan fingerprint density at radius 3 is 2.36 bits per heavy atom. The number of benzene rings is 4. The zero-order chi connectivity index (χ0) is 30.5. The van der Waals surface area contributed by atoms with Gasteiger partial charge in [-0.05, 0) is 64.9 Å². The van der Waals surface area contributed by atoms with Gasteiger partial charge in [-0.3, -0.25) is 23.7 Å². The Kier molecular flexibility index (Phi) is 7.06. The highest BCUT2D eigenvalue weighted by atomic mass is 32.2. The van der Waals surface area contributed by atoms with Crippen LogP contribution >= 0.6 is 23.1 Å². The third-order valence-corrected chi connectivity index (χ3v) is 10.5. The molecule has 7 rings (SSSR count). The van der Waals surface area contributed by atoms with Crippen molar-refractivity contribution in [1.29, 1.82) is 0 Å². The van der Waals surface area contributed by atoms with Crippen LogP contribution in [-0.2, 0) is 20.9 Å². The third kappa shape index (κ3) is 4.78. The van der Waals surface area contributed by atoms with E-state index in [4.69, 9.17) is 4.74 Å². The number of rotatable bonds is 6. The van der Waals surface area contributed by atoms with Gasteiger partial charge in [0.05, 0.1) is 23.7 Å². The molecular weight excluding hydrogens is 602 g/mol. The fourth-order valence-corrected chi connectivity index (χ4v) is 8.65. The van der Waals surface area contributed by atoms with Gasteiger partial charge in [-0.2, -0.15) is 0 Å². The second kappa shape index (κ2) is 11.1. The highest BCUT2D eigenvalue weighted by molar-refractivity contribution is 8.00. The van der Waals surface area contributed by atoms with Crippen molar-refractivity contribution in [3.05, 3.63) is 117 Å². The van der Waals surface area contributed by atoms with E-state index in [1.54, 1.807) is 25.3 Å². The molecule has 1 N–H and O–H groups in total. The van der Waals surface area contributed by atoms with Crippen LogP contribution in [-0.4, -0.2) is 34.6 Å².